The highest BCUT2D eigenvalue weighted by atomic mass is 35.5. The van der Waals surface area contributed by atoms with Gasteiger partial charge in [-0.05, 0) is 31.0 Å². The lowest BCUT2D eigenvalue weighted by atomic mass is 10.1. The number of likely N-dealkylation sites (tertiary alicyclic amines) is 1. The minimum absolute atomic E-state index is 0.0290. The Balaban J connectivity index is 2.22. The van der Waals surface area contributed by atoms with Crippen LogP contribution < -0.4 is 0 Å². The molecule has 0 aromatic heterocycles. The number of amides is 1. The molecule has 5 heteroatoms. The van der Waals surface area contributed by atoms with Crippen molar-refractivity contribution in [2.75, 3.05) is 12.4 Å². The Hall–Kier alpha value is -0.800. The molecule has 104 valence electrons. The Labute approximate surface area is 122 Å². The van der Waals surface area contributed by atoms with E-state index < -0.39 is 5.82 Å². The molecule has 1 aromatic carbocycles. The SMILES string of the molecule is O=C(c1ccc(Cl)c(F)c1)N1CCCCCC1CCl. The van der Waals surface area contributed by atoms with E-state index in [0.29, 0.717) is 18.0 Å². The van der Waals surface area contributed by atoms with Crippen molar-refractivity contribution in [2.24, 2.45) is 0 Å². The van der Waals surface area contributed by atoms with Gasteiger partial charge in [0.2, 0.25) is 0 Å². The second-order valence-electron chi connectivity index (χ2n) is 4.78. The summed E-state index contributed by atoms with van der Waals surface area (Å²) in [5.74, 6) is -0.310. The maximum Gasteiger partial charge on any atom is 0.254 e. The van der Waals surface area contributed by atoms with Crippen molar-refractivity contribution in [1.29, 1.82) is 0 Å². The molecule has 1 aromatic rings. The minimum atomic E-state index is -0.565. The van der Waals surface area contributed by atoms with Gasteiger partial charge in [-0.1, -0.05) is 24.4 Å². The normalized spacial score (nSPS) is 20.2. The molecule has 19 heavy (non-hydrogen) atoms. The fourth-order valence-corrected chi connectivity index (χ4v) is 2.84. The van der Waals surface area contributed by atoms with Crippen LogP contribution in [0.25, 0.3) is 0 Å². The van der Waals surface area contributed by atoms with Gasteiger partial charge in [-0.3, -0.25) is 4.79 Å². The molecule has 1 amide bonds. The number of alkyl halides is 1. The fourth-order valence-electron chi connectivity index (χ4n) is 2.40. The van der Waals surface area contributed by atoms with Crippen molar-refractivity contribution in [3.63, 3.8) is 0 Å². The van der Waals surface area contributed by atoms with Gasteiger partial charge in [0.1, 0.15) is 5.82 Å². The third kappa shape index (κ3) is 3.40. The second kappa shape index (κ2) is 6.58. The molecular weight excluding hydrogens is 288 g/mol. The molecule has 0 radical (unpaired) electrons. The average molecular weight is 304 g/mol. The maximum atomic E-state index is 13.4. The van der Waals surface area contributed by atoms with Gasteiger partial charge in [-0.15, -0.1) is 11.6 Å². The van der Waals surface area contributed by atoms with Crippen LogP contribution in [0.2, 0.25) is 5.02 Å². The Bertz CT molecular complexity index is 467. The predicted molar refractivity (Wildman–Crippen MR) is 75.4 cm³/mol. The topological polar surface area (TPSA) is 20.3 Å². The third-order valence-electron chi connectivity index (χ3n) is 3.48. The van der Waals surface area contributed by atoms with Gasteiger partial charge in [0, 0.05) is 24.0 Å². The van der Waals surface area contributed by atoms with E-state index >= 15 is 0 Å². The molecule has 0 bridgehead atoms. The van der Waals surface area contributed by atoms with E-state index in [-0.39, 0.29) is 17.0 Å². The minimum Gasteiger partial charge on any atom is -0.334 e. The molecule has 1 saturated heterocycles. The number of carbonyl (C=O) groups is 1. The molecule has 2 nitrogen and oxygen atoms in total. The number of rotatable bonds is 2. The quantitative estimate of drug-likeness (QED) is 0.753. The van der Waals surface area contributed by atoms with Crippen molar-refractivity contribution in [2.45, 2.75) is 31.7 Å². The first kappa shape index (κ1) is 14.6. The van der Waals surface area contributed by atoms with Crippen LogP contribution >= 0.6 is 23.2 Å². The fraction of sp³-hybridized carbons (Fsp3) is 0.500. The van der Waals surface area contributed by atoms with Gasteiger partial charge in [-0.25, -0.2) is 4.39 Å². The number of hydrogen-bond acceptors (Lipinski definition) is 1. The van der Waals surface area contributed by atoms with Crippen LogP contribution in [0.1, 0.15) is 36.0 Å². The summed E-state index contributed by atoms with van der Waals surface area (Å²) in [6.07, 6.45) is 4.06. The Kier molecular flexibility index (Phi) is 5.06. The molecule has 1 heterocycles. The van der Waals surface area contributed by atoms with Crippen LogP contribution in [0, 0.1) is 5.82 Å². The lowest BCUT2D eigenvalue weighted by molar-refractivity contribution is 0.0700. The lowest BCUT2D eigenvalue weighted by Gasteiger charge is -2.28. The number of hydrogen-bond donors (Lipinski definition) is 0. The average Bonchev–Trinajstić information content (AvgIpc) is 2.66. The molecule has 1 aliphatic heterocycles. The van der Waals surface area contributed by atoms with Gasteiger partial charge < -0.3 is 4.90 Å². The summed E-state index contributed by atoms with van der Waals surface area (Å²) in [6.45, 7) is 0.681. The third-order valence-corrected chi connectivity index (χ3v) is 4.15. The molecule has 1 aliphatic rings. The molecule has 2 rings (SSSR count). The Morgan fingerprint density at radius 1 is 1.37 bits per heavy atom. The summed E-state index contributed by atoms with van der Waals surface area (Å²) in [7, 11) is 0. The molecule has 0 saturated carbocycles. The zero-order chi connectivity index (χ0) is 13.8. The summed E-state index contributed by atoms with van der Waals surface area (Å²) < 4.78 is 13.4. The van der Waals surface area contributed by atoms with Crippen molar-refractivity contribution < 1.29 is 9.18 Å². The number of halogens is 3. The molecule has 0 aliphatic carbocycles. The van der Waals surface area contributed by atoms with Crippen LogP contribution in [-0.2, 0) is 0 Å². The largest absolute Gasteiger partial charge is 0.334 e. The zero-order valence-corrected chi connectivity index (χ0v) is 12.1. The summed E-state index contributed by atoms with van der Waals surface area (Å²) in [5, 5.41) is 0.0290. The zero-order valence-electron chi connectivity index (χ0n) is 10.5. The van der Waals surface area contributed by atoms with E-state index in [1.54, 1.807) is 11.0 Å². The predicted octanol–water partition coefficient (Wildman–Crippen LogP) is 4.10. The number of nitrogens with zero attached hydrogens (tertiary/aromatic N) is 1. The first-order chi connectivity index (χ1) is 9.13. The first-order valence-corrected chi connectivity index (χ1v) is 7.36. The van der Waals surface area contributed by atoms with E-state index in [9.17, 15) is 9.18 Å². The highest BCUT2D eigenvalue weighted by Crippen LogP contribution is 2.22. The molecule has 0 N–H and O–H groups in total. The highest BCUT2D eigenvalue weighted by molar-refractivity contribution is 6.30. The molecule has 0 spiro atoms. The van der Waals surface area contributed by atoms with Gasteiger partial charge in [0.05, 0.1) is 5.02 Å². The van der Waals surface area contributed by atoms with Crippen molar-refractivity contribution >= 4 is 29.1 Å². The van der Waals surface area contributed by atoms with E-state index in [1.807, 2.05) is 0 Å². The smallest absolute Gasteiger partial charge is 0.254 e. The molecule has 1 unspecified atom stereocenters. The summed E-state index contributed by atoms with van der Waals surface area (Å²) >= 11 is 11.6. The van der Waals surface area contributed by atoms with Gasteiger partial charge >= 0.3 is 0 Å². The van der Waals surface area contributed by atoms with Crippen molar-refractivity contribution in [3.05, 3.63) is 34.6 Å². The first-order valence-electron chi connectivity index (χ1n) is 6.45. The van der Waals surface area contributed by atoms with Crippen LogP contribution in [0.5, 0.6) is 0 Å². The van der Waals surface area contributed by atoms with Gasteiger partial charge in [0.15, 0.2) is 0 Å². The number of carbonyl (C=O) groups excluding carboxylic acids is 1. The van der Waals surface area contributed by atoms with E-state index in [4.69, 9.17) is 23.2 Å². The van der Waals surface area contributed by atoms with E-state index in [0.717, 1.165) is 25.7 Å². The van der Waals surface area contributed by atoms with Crippen LogP contribution in [0.15, 0.2) is 18.2 Å². The second-order valence-corrected chi connectivity index (χ2v) is 5.50. The maximum absolute atomic E-state index is 13.4. The molecular formula is C14H16Cl2FNO. The molecule has 1 fully saturated rings. The van der Waals surface area contributed by atoms with Gasteiger partial charge in [-0.2, -0.15) is 0 Å². The molecule has 1 atom stereocenters. The summed E-state index contributed by atoms with van der Waals surface area (Å²) in [5.41, 5.74) is 0.332. The summed E-state index contributed by atoms with van der Waals surface area (Å²) in [4.78, 5) is 14.2. The standard InChI is InChI=1S/C14H16Cl2FNO/c15-9-11-4-2-1-3-7-18(11)14(19)10-5-6-12(16)13(17)8-10/h5-6,8,11H,1-4,7,9H2. The van der Waals surface area contributed by atoms with Crippen molar-refractivity contribution in [1.82, 2.24) is 4.90 Å². The van der Waals surface area contributed by atoms with E-state index in [2.05, 4.69) is 0 Å². The van der Waals surface area contributed by atoms with Gasteiger partial charge in [0.25, 0.3) is 5.91 Å². The van der Waals surface area contributed by atoms with Crippen molar-refractivity contribution in [3.8, 4) is 0 Å². The highest BCUT2D eigenvalue weighted by Gasteiger charge is 2.26. The van der Waals surface area contributed by atoms with Crippen LogP contribution in [0.3, 0.4) is 0 Å². The number of benzene rings is 1. The summed E-state index contributed by atoms with van der Waals surface area (Å²) in [6, 6.07) is 4.21. The Morgan fingerprint density at radius 2 is 2.16 bits per heavy atom. The Morgan fingerprint density at radius 3 is 2.84 bits per heavy atom. The lowest BCUT2D eigenvalue weighted by Crippen LogP contribution is -2.41. The van der Waals surface area contributed by atoms with E-state index in [1.165, 1.54) is 12.1 Å². The van der Waals surface area contributed by atoms with Crippen LogP contribution in [0.4, 0.5) is 4.39 Å². The monoisotopic (exact) mass is 303 g/mol. The van der Waals surface area contributed by atoms with Crippen LogP contribution in [-0.4, -0.2) is 29.3 Å².